The van der Waals surface area contributed by atoms with Gasteiger partial charge in [0.2, 0.25) is 0 Å². The second-order valence-electron chi connectivity index (χ2n) is 14.6. The average Bonchev–Trinajstić information content (AvgIpc) is 3.54. The minimum absolute atomic E-state index is 0.0199. The molecule has 0 saturated carbocycles. The number of anilines is 3. The van der Waals surface area contributed by atoms with Crippen LogP contribution in [0.5, 0.6) is 0 Å². The van der Waals surface area contributed by atoms with Gasteiger partial charge in [0.25, 0.3) is 0 Å². The van der Waals surface area contributed by atoms with Crippen molar-refractivity contribution in [3.63, 3.8) is 0 Å². The van der Waals surface area contributed by atoms with Gasteiger partial charge in [-0.15, -0.1) is 0 Å². The summed E-state index contributed by atoms with van der Waals surface area (Å²) in [5, 5.41) is 5.03. The molecule has 1 aromatic heterocycles. The molecule has 2 nitrogen and oxygen atoms in total. The molecule has 0 aliphatic heterocycles. The summed E-state index contributed by atoms with van der Waals surface area (Å²) in [4.78, 5) is 2.37. The van der Waals surface area contributed by atoms with Crippen molar-refractivity contribution in [3.05, 3.63) is 188 Å². The molecule has 8 aromatic carbocycles. The predicted molar refractivity (Wildman–Crippen MR) is 223 cm³/mol. The first kappa shape index (κ1) is 31.6. The summed E-state index contributed by atoms with van der Waals surface area (Å²) >= 11 is 0. The molecule has 0 aliphatic carbocycles. The van der Waals surface area contributed by atoms with E-state index in [9.17, 15) is 0 Å². The highest BCUT2D eigenvalue weighted by molar-refractivity contribution is 6.10. The molecule has 9 aromatic rings. The van der Waals surface area contributed by atoms with Crippen LogP contribution in [0.15, 0.2) is 188 Å². The molecule has 0 spiro atoms. The van der Waals surface area contributed by atoms with Crippen LogP contribution in [0.25, 0.3) is 66.0 Å². The maximum atomic E-state index is 2.47. The molecular weight excluding hydrogens is 629 g/mol. The van der Waals surface area contributed by atoms with E-state index in [1.165, 1.54) is 66.0 Å². The van der Waals surface area contributed by atoms with Crippen molar-refractivity contribution < 1.29 is 0 Å². The van der Waals surface area contributed by atoms with E-state index >= 15 is 0 Å². The molecule has 1 heterocycles. The van der Waals surface area contributed by atoms with E-state index in [1.54, 1.807) is 0 Å². The minimum Gasteiger partial charge on any atom is -0.335 e. The second-order valence-corrected chi connectivity index (χ2v) is 14.6. The first-order valence-corrected chi connectivity index (χ1v) is 18.1. The number of benzene rings is 8. The Hall–Kier alpha value is -6.38. The predicted octanol–water partition coefficient (Wildman–Crippen LogP) is 14.2. The van der Waals surface area contributed by atoms with Crippen LogP contribution in [-0.2, 0) is 5.54 Å². The molecule has 0 aliphatic rings. The summed E-state index contributed by atoms with van der Waals surface area (Å²) in [6.45, 7) is 6.85. The van der Waals surface area contributed by atoms with Gasteiger partial charge in [-0.1, -0.05) is 140 Å². The fraction of sp³-hybridized carbons (Fsp3) is 0.0800. The molecule has 250 valence electrons. The number of hydrogen-bond donors (Lipinski definition) is 0. The highest BCUT2D eigenvalue weighted by Gasteiger charge is 2.21. The molecule has 9 rings (SSSR count). The lowest BCUT2D eigenvalue weighted by Gasteiger charge is -2.27. The van der Waals surface area contributed by atoms with E-state index in [0.29, 0.717) is 0 Å². The van der Waals surface area contributed by atoms with Crippen LogP contribution in [0.3, 0.4) is 0 Å². The monoisotopic (exact) mass is 668 g/mol. The zero-order valence-corrected chi connectivity index (χ0v) is 29.8. The Balaban J connectivity index is 1.10. The highest BCUT2D eigenvalue weighted by Crippen LogP contribution is 2.42. The smallest absolute Gasteiger partial charge is 0.0540 e. The zero-order chi connectivity index (χ0) is 35.2. The quantitative estimate of drug-likeness (QED) is 0.171. The third kappa shape index (κ3) is 5.54. The number of aromatic nitrogens is 1. The van der Waals surface area contributed by atoms with E-state index in [4.69, 9.17) is 0 Å². The van der Waals surface area contributed by atoms with Gasteiger partial charge in [0.05, 0.1) is 5.69 Å². The van der Waals surface area contributed by atoms with Gasteiger partial charge in [-0.05, 0) is 108 Å². The molecule has 0 amide bonds. The van der Waals surface area contributed by atoms with Crippen LogP contribution in [-0.4, -0.2) is 4.57 Å². The molecule has 52 heavy (non-hydrogen) atoms. The first-order valence-electron chi connectivity index (χ1n) is 18.1. The van der Waals surface area contributed by atoms with E-state index < -0.39 is 0 Å². The third-order valence-corrected chi connectivity index (χ3v) is 10.3. The lowest BCUT2D eigenvalue weighted by molar-refractivity contribution is 0.423. The van der Waals surface area contributed by atoms with Crippen molar-refractivity contribution in [1.82, 2.24) is 4.57 Å². The largest absolute Gasteiger partial charge is 0.335 e. The Morgan fingerprint density at radius 1 is 0.365 bits per heavy atom. The van der Waals surface area contributed by atoms with Crippen LogP contribution in [0.2, 0.25) is 0 Å². The summed E-state index contributed by atoms with van der Waals surface area (Å²) < 4.78 is 2.47. The summed E-state index contributed by atoms with van der Waals surface area (Å²) in [5.41, 5.74) is 13.2. The minimum atomic E-state index is -0.0199. The normalized spacial score (nSPS) is 11.8. The maximum Gasteiger partial charge on any atom is 0.0540 e. The fourth-order valence-corrected chi connectivity index (χ4v) is 7.90. The fourth-order valence-electron chi connectivity index (χ4n) is 7.90. The molecule has 0 radical (unpaired) electrons. The van der Waals surface area contributed by atoms with Gasteiger partial charge in [-0.2, -0.15) is 0 Å². The van der Waals surface area contributed by atoms with Gasteiger partial charge >= 0.3 is 0 Å². The van der Waals surface area contributed by atoms with Gasteiger partial charge < -0.3 is 9.47 Å². The summed E-state index contributed by atoms with van der Waals surface area (Å²) in [5.74, 6) is 0. The van der Waals surface area contributed by atoms with Crippen molar-refractivity contribution in [3.8, 4) is 33.4 Å². The Morgan fingerprint density at radius 3 is 1.63 bits per heavy atom. The summed E-state index contributed by atoms with van der Waals surface area (Å²) in [7, 11) is 0. The van der Waals surface area contributed by atoms with E-state index in [-0.39, 0.29) is 5.54 Å². The molecule has 0 atom stereocenters. The Labute approximate surface area is 305 Å². The standard InChI is InChI=1S/C50H40N2/c1-50(2,3)52-48-22-11-10-18-45(48)46-34-39(30-33-49(46)52)37-24-26-38(27-25-37)42-19-12-21-44-43(42)20-13-23-47(44)51(40-16-8-5-9-17-40)41-31-28-36(29-32-41)35-14-6-4-7-15-35/h4-34H,1-3H3. The molecule has 2 heteroatoms. The maximum absolute atomic E-state index is 2.47. The molecule has 0 bridgehead atoms. The molecule has 0 fully saturated rings. The van der Waals surface area contributed by atoms with Gasteiger partial charge in [-0.3, -0.25) is 0 Å². The van der Waals surface area contributed by atoms with Gasteiger partial charge in [-0.25, -0.2) is 0 Å². The lowest BCUT2D eigenvalue weighted by Crippen LogP contribution is -2.21. The van der Waals surface area contributed by atoms with Crippen molar-refractivity contribution >= 4 is 49.6 Å². The second kappa shape index (κ2) is 12.7. The number of rotatable bonds is 6. The Bertz CT molecular complexity index is 2680. The summed E-state index contributed by atoms with van der Waals surface area (Å²) in [6.07, 6.45) is 0. The molecule has 0 unspecified atom stereocenters. The summed E-state index contributed by atoms with van der Waals surface area (Å²) in [6, 6.07) is 68.3. The van der Waals surface area contributed by atoms with Crippen molar-refractivity contribution in [2.45, 2.75) is 26.3 Å². The van der Waals surface area contributed by atoms with E-state index in [2.05, 4.69) is 218 Å². The third-order valence-electron chi connectivity index (χ3n) is 10.3. The number of hydrogen-bond acceptors (Lipinski definition) is 1. The molecular formula is C50H40N2. The van der Waals surface area contributed by atoms with E-state index in [0.717, 1.165) is 17.1 Å². The van der Waals surface area contributed by atoms with Gasteiger partial charge in [0.15, 0.2) is 0 Å². The van der Waals surface area contributed by atoms with Crippen LogP contribution >= 0.6 is 0 Å². The van der Waals surface area contributed by atoms with E-state index in [1.807, 2.05) is 0 Å². The highest BCUT2D eigenvalue weighted by atomic mass is 15.1. The van der Waals surface area contributed by atoms with Gasteiger partial charge in [0.1, 0.15) is 0 Å². The lowest BCUT2D eigenvalue weighted by atomic mass is 9.94. The van der Waals surface area contributed by atoms with Crippen LogP contribution in [0.4, 0.5) is 17.1 Å². The Morgan fingerprint density at radius 2 is 0.885 bits per heavy atom. The molecule has 0 saturated heterocycles. The van der Waals surface area contributed by atoms with Gasteiger partial charge in [0, 0.05) is 44.1 Å². The number of nitrogens with zero attached hydrogens (tertiary/aromatic N) is 2. The molecule has 0 N–H and O–H groups in total. The topological polar surface area (TPSA) is 8.17 Å². The van der Waals surface area contributed by atoms with Crippen LogP contribution in [0.1, 0.15) is 20.8 Å². The first-order chi connectivity index (χ1) is 25.4. The zero-order valence-electron chi connectivity index (χ0n) is 29.8. The Kier molecular flexibility index (Phi) is 7.74. The van der Waals surface area contributed by atoms with Crippen molar-refractivity contribution in [2.75, 3.05) is 4.90 Å². The van der Waals surface area contributed by atoms with Crippen molar-refractivity contribution in [1.29, 1.82) is 0 Å². The average molecular weight is 669 g/mol. The number of para-hydroxylation sites is 2. The van der Waals surface area contributed by atoms with Crippen molar-refractivity contribution in [2.24, 2.45) is 0 Å². The number of fused-ring (bicyclic) bond motifs is 4. The van der Waals surface area contributed by atoms with Crippen LogP contribution < -0.4 is 4.90 Å². The SMILES string of the molecule is CC(C)(C)n1c2ccccc2c2cc(-c3ccc(-c4cccc5c(N(c6ccccc6)c6ccc(-c7ccccc7)cc6)cccc45)cc3)ccc21. The van der Waals surface area contributed by atoms with Crippen LogP contribution in [0, 0.1) is 0 Å².